The van der Waals surface area contributed by atoms with Gasteiger partial charge in [0.15, 0.2) is 11.4 Å². The second-order valence-electron chi connectivity index (χ2n) is 2.89. The molecule has 0 aliphatic rings. The van der Waals surface area contributed by atoms with E-state index in [1.807, 2.05) is 0 Å². The molecule has 2 rings (SSSR count). The minimum atomic E-state index is -0.206. The Morgan fingerprint density at radius 3 is 2.75 bits per heavy atom. The molecule has 0 amide bonds. The molecular formula is C10H7N3O2S. The number of aromatic amines is 1. The van der Waals surface area contributed by atoms with Gasteiger partial charge in [0.05, 0.1) is 0 Å². The van der Waals surface area contributed by atoms with Crippen molar-refractivity contribution in [3.05, 3.63) is 46.5 Å². The van der Waals surface area contributed by atoms with Gasteiger partial charge in [0.1, 0.15) is 5.03 Å². The van der Waals surface area contributed by atoms with Crippen molar-refractivity contribution in [2.24, 2.45) is 0 Å². The van der Waals surface area contributed by atoms with Crippen LogP contribution in [0.3, 0.4) is 0 Å². The Morgan fingerprint density at radius 2 is 2.12 bits per heavy atom. The topological polar surface area (TPSA) is 75.7 Å². The number of hydrogen-bond acceptors (Lipinski definition) is 5. The van der Waals surface area contributed by atoms with Crippen molar-refractivity contribution in [3.63, 3.8) is 0 Å². The predicted octanol–water partition coefficient (Wildman–Crippen LogP) is 1.13. The molecule has 0 atom stereocenters. The van der Waals surface area contributed by atoms with Crippen LogP contribution in [0.1, 0.15) is 10.4 Å². The number of carbonyl (C=O) groups excluding carboxylic acids is 1. The molecule has 0 saturated heterocycles. The van der Waals surface area contributed by atoms with Gasteiger partial charge in [-0.3, -0.25) is 9.59 Å². The van der Waals surface area contributed by atoms with Crippen molar-refractivity contribution >= 4 is 18.0 Å². The average Bonchev–Trinajstić information content (AvgIpc) is 2.30. The molecule has 2 aromatic heterocycles. The molecule has 0 aliphatic carbocycles. The molecule has 80 valence electrons. The van der Waals surface area contributed by atoms with E-state index >= 15 is 0 Å². The van der Waals surface area contributed by atoms with Gasteiger partial charge in [-0.25, -0.2) is 9.97 Å². The minimum absolute atomic E-state index is 0.206. The van der Waals surface area contributed by atoms with E-state index < -0.39 is 0 Å². The first kappa shape index (κ1) is 10.6. The van der Waals surface area contributed by atoms with Gasteiger partial charge >= 0.3 is 0 Å². The minimum Gasteiger partial charge on any atom is -0.301 e. The highest BCUT2D eigenvalue weighted by molar-refractivity contribution is 7.99. The fourth-order valence-electron chi connectivity index (χ4n) is 1.02. The zero-order valence-electron chi connectivity index (χ0n) is 8.08. The van der Waals surface area contributed by atoms with Crippen molar-refractivity contribution in [3.8, 4) is 0 Å². The van der Waals surface area contributed by atoms with Gasteiger partial charge in [-0.1, -0.05) is 0 Å². The van der Waals surface area contributed by atoms with Crippen LogP contribution in [0.2, 0.25) is 0 Å². The number of hydrogen-bond donors (Lipinski definition) is 1. The number of H-pyrrole nitrogens is 1. The Labute approximate surface area is 95.0 Å². The van der Waals surface area contributed by atoms with Crippen LogP contribution in [-0.4, -0.2) is 21.2 Å². The molecule has 0 radical (unpaired) electrons. The van der Waals surface area contributed by atoms with E-state index in [1.54, 1.807) is 12.1 Å². The van der Waals surface area contributed by atoms with Gasteiger partial charge in [-0.2, -0.15) is 0 Å². The number of nitrogens with zero attached hydrogens (tertiary/aromatic N) is 2. The number of aldehydes is 1. The maximum atomic E-state index is 11.0. The van der Waals surface area contributed by atoms with Crippen LogP contribution in [0.4, 0.5) is 0 Å². The maximum absolute atomic E-state index is 11.0. The predicted molar refractivity (Wildman–Crippen MR) is 58.6 cm³/mol. The summed E-state index contributed by atoms with van der Waals surface area (Å²) in [5.74, 6) is 0. The van der Waals surface area contributed by atoms with Crippen molar-refractivity contribution in [2.75, 3.05) is 0 Å². The van der Waals surface area contributed by atoms with E-state index in [4.69, 9.17) is 0 Å². The quantitative estimate of drug-likeness (QED) is 0.635. The molecule has 0 fully saturated rings. The molecule has 2 aromatic rings. The second kappa shape index (κ2) is 4.71. The molecule has 6 heteroatoms. The van der Waals surface area contributed by atoms with E-state index in [-0.39, 0.29) is 5.56 Å². The molecule has 0 aromatic carbocycles. The van der Waals surface area contributed by atoms with Crippen molar-refractivity contribution in [1.29, 1.82) is 0 Å². The molecule has 0 aliphatic heterocycles. The van der Waals surface area contributed by atoms with Crippen LogP contribution in [-0.2, 0) is 0 Å². The highest BCUT2D eigenvalue weighted by Crippen LogP contribution is 2.20. The third-order valence-corrected chi connectivity index (χ3v) is 2.60. The summed E-state index contributed by atoms with van der Waals surface area (Å²) in [6.07, 6.45) is 3.63. The van der Waals surface area contributed by atoms with E-state index in [0.717, 1.165) is 6.29 Å². The lowest BCUT2D eigenvalue weighted by Crippen LogP contribution is -2.05. The summed E-state index contributed by atoms with van der Waals surface area (Å²) >= 11 is 1.23. The van der Waals surface area contributed by atoms with Crippen LogP contribution >= 0.6 is 11.8 Å². The van der Waals surface area contributed by atoms with Gasteiger partial charge < -0.3 is 4.98 Å². The zero-order valence-corrected chi connectivity index (χ0v) is 8.90. The number of aromatic nitrogens is 3. The number of carbonyl (C=O) groups is 1. The van der Waals surface area contributed by atoms with Gasteiger partial charge in [-0.15, -0.1) is 0 Å². The Kier molecular flexibility index (Phi) is 3.11. The first-order chi connectivity index (χ1) is 7.78. The summed E-state index contributed by atoms with van der Waals surface area (Å²) in [5.41, 5.74) is 0.306. The SMILES string of the molecule is O=Cc1ccc(Sc2nccc(=O)[nH]2)nc1. The average molecular weight is 233 g/mol. The molecule has 1 N–H and O–H groups in total. The first-order valence-electron chi connectivity index (χ1n) is 4.42. The standard InChI is InChI=1S/C10H7N3O2S/c14-6-7-1-2-9(12-5-7)16-10-11-4-3-8(15)13-10/h1-6H,(H,11,13,15). The molecule has 0 spiro atoms. The summed E-state index contributed by atoms with van der Waals surface area (Å²) in [6.45, 7) is 0. The molecule has 0 saturated carbocycles. The van der Waals surface area contributed by atoms with E-state index in [9.17, 15) is 9.59 Å². The number of rotatable bonds is 3. The normalized spacial score (nSPS) is 10.0. The summed E-state index contributed by atoms with van der Waals surface area (Å²) in [5, 5.41) is 1.14. The van der Waals surface area contributed by atoms with E-state index in [2.05, 4.69) is 15.0 Å². The van der Waals surface area contributed by atoms with Crippen LogP contribution in [0.15, 0.2) is 45.6 Å². The Morgan fingerprint density at radius 1 is 1.25 bits per heavy atom. The van der Waals surface area contributed by atoms with Crippen molar-refractivity contribution < 1.29 is 4.79 Å². The fourth-order valence-corrected chi connectivity index (χ4v) is 1.73. The molecule has 2 heterocycles. The number of pyridine rings is 1. The van der Waals surface area contributed by atoms with Gasteiger partial charge in [0.2, 0.25) is 0 Å². The lowest BCUT2D eigenvalue weighted by Gasteiger charge is -1.98. The second-order valence-corrected chi connectivity index (χ2v) is 3.90. The van der Waals surface area contributed by atoms with Crippen LogP contribution < -0.4 is 5.56 Å². The Bertz CT molecular complexity index is 550. The largest absolute Gasteiger partial charge is 0.301 e. The lowest BCUT2D eigenvalue weighted by atomic mass is 10.3. The third-order valence-electron chi connectivity index (χ3n) is 1.74. The van der Waals surface area contributed by atoms with Crippen LogP contribution in [0, 0.1) is 0 Å². The van der Waals surface area contributed by atoms with Crippen LogP contribution in [0.5, 0.6) is 0 Å². The molecule has 16 heavy (non-hydrogen) atoms. The van der Waals surface area contributed by atoms with Gasteiger partial charge in [0, 0.05) is 24.0 Å². The van der Waals surface area contributed by atoms with Crippen LogP contribution in [0.25, 0.3) is 0 Å². The summed E-state index contributed by atoms with van der Waals surface area (Å²) < 4.78 is 0. The monoisotopic (exact) mass is 233 g/mol. The third kappa shape index (κ3) is 2.54. The zero-order chi connectivity index (χ0) is 11.4. The van der Waals surface area contributed by atoms with Gasteiger partial charge in [-0.05, 0) is 23.9 Å². The summed E-state index contributed by atoms with van der Waals surface area (Å²) in [7, 11) is 0. The molecule has 5 nitrogen and oxygen atoms in total. The van der Waals surface area contributed by atoms with Gasteiger partial charge in [0.25, 0.3) is 5.56 Å². The van der Waals surface area contributed by atoms with E-state index in [1.165, 1.54) is 30.2 Å². The smallest absolute Gasteiger partial charge is 0.251 e. The summed E-state index contributed by atoms with van der Waals surface area (Å²) in [4.78, 5) is 32.0. The Balaban J connectivity index is 2.20. The summed E-state index contributed by atoms with van der Waals surface area (Å²) in [6, 6.07) is 4.69. The maximum Gasteiger partial charge on any atom is 0.251 e. The van der Waals surface area contributed by atoms with Crippen molar-refractivity contribution in [2.45, 2.75) is 10.2 Å². The fraction of sp³-hybridized carbons (Fsp3) is 0. The molecular weight excluding hydrogens is 226 g/mol. The Hall–Kier alpha value is -1.95. The molecule has 0 unspecified atom stereocenters. The number of nitrogens with one attached hydrogen (secondary N) is 1. The highest BCUT2D eigenvalue weighted by Gasteiger charge is 2.00. The highest BCUT2D eigenvalue weighted by atomic mass is 32.2. The van der Waals surface area contributed by atoms with Crippen molar-refractivity contribution in [1.82, 2.24) is 15.0 Å². The lowest BCUT2D eigenvalue weighted by molar-refractivity contribution is 0.112. The van der Waals surface area contributed by atoms with E-state index in [0.29, 0.717) is 15.7 Å². The molecule has 0 bridgehead atoms. The first-order valence-corrected chi connectivity index (χ1v) is 5.24.